The summed E-state index contributed by atoms with van der Waals surface area (Å²) in [4.78, 5) is 25.9. The molecule has 184 valence electrons. The number of carbonyl (C=O) groups is 2. The van der Waals surface area contributed by atoms with E-state index < -0.39 is 12.1 Å². The molecule has 4 rings (SSSR count). The van der Waals surface area contributed by atoms with Crippen molar-refractivity contribution in [3.05, 3.63) is 103 Å². The highest BCUT2D eigenvalue weighted by molar-refractivity contribution is 6.02. The van der Waals surface area contributed by atoms with Gasteiger partial charge in [-0.2, -0.15) is 0 Å². The zero-order chi connectivity index (χ0) is 25.2. The lowest BCUT2D eigenvalue weighted by Gasteiger charge is -2.20. The summed E-state index contributed by atoms with van der Waals surface area (Å²) in [6.45, 7) is 0.946. The summed E-state index contributed by atoms with van der Waals surface area (Å²) in [6.07, 6.45) is 0.377. The summed E-state index contributed by atoms with van der Waals surface area (Å²) in [5.41, 5.74) is 2.58. The number of benzene rings is 4. The highest BCUT2D eigenvalue weighted by Crippen LogP contribution is 2.22. The molecule has 1 atom stereocenters. The number of amides is 3. The van der Waals surface area contributed by atoms with E-state index in [1.54, 1.807) is 7.11 Å². The van der Waals surface area contributed by atoms with Crippen LogP contribution in [0.4, 0.5) is 16.2 Å². The Morgan fingerprint density at radius 3 is 2.31 bits per heavy atom. The van der Waals surface area contributed by atoms with Crippen molar-refractivity contribution >= 4 is 34.1 Å². The van der Waals surface area contributed by atoms with Crippen LogP contribution >= 0.6 is 0 Å². The summed E-state index contributed by atoms with van der Waals surface area (Å²) >= 11 is 0. The molecule has 4 aromatic carbocycles. The molecule has 7 heteroatoms. The van der Waals surface area contributed by atoms with Crippen molar-refractivity contribution in [1.29, 1.82) is 0 Å². The first-order chi connectivity index (χ1) is 17.6. The number of carbonyl (C=O) groups excluding carboxylic acids is 2. The first-order valence-electron chi connectivity index (χ1n) is 11.9. The molecular weight excluding hydrogens is 452 g/mol. The molecule has 0 aliphatic carbocycles. The number of ether oxygens (including phenoxy) is 1. The molecule has 4 N–H and O–H groups in total. The van der Waals surface area contributed by atoms with Gasteiger partial charge in [-0.3, -0.25) is 4.79 Å². The Kier molecular flexibility index (Phi) is 8.38. The molecule has 0 aromatic heterocycles. The minimum atomic E-state index is -0.733. The lowest BCUT2D eigenvalue weighted by atomic mass is 10.1. The SMILES string of the molecule is COc1ccc(NCCNC(=O)C(Cc2ccccc2)NC(=O)Nc2cccc3ccccc23)cc1. The molecule has 0 bridgehead atoms. The van der Waals surface area contributed by atoms with Gasteiger partial charge in [0.1, 0.15) is 11.8 Å². The molecular formula is C29H30N4O3. The Hall–Kier alpha value is -4.52. The molecule has 7 nitrogen and oxygen atoms in total. The summed E-state index contributed by atoms with van der Waals surface area (Å²) in [6, 6.07) is 29.6. The van der Waals surface area contributed by atoms with Crippen LogP contribution in [0.1, 0.15) is 5.56 Å². The third-order valence-corrected chi connectivity index (χ3v) is 5.79. The maximum Gasteiger partial charge on any atom is 0.319 e. The molecule has 4 aromatic rings. The van der Waals surface area contributed by atoms with Crippen LogP contribution in [0.5, 0.6) is 5.75 Å². The minimum absolute atomic E-state index is 0.247. The van der Waals surface area contributed by atoms with Crippen molar-refractivity contribution in [3.8, 4) is 5.75 Å². The number of hydrogen-bond donors (Lipinski definition) is 4. The highest BCUT2D eigenvalue weighted by atomic mass is 16.5. The molecule has 0 radical (unpaired) electrons. The van der Waals surface area contributed by atoms with E-state index in [0.717, 1.165) is 27.8 Å². The second-order valence-electron chi connectivity index (χ2n) is 8.31. The zero-order valence-electron chi connectivity index (χ0n) is 20.2. The van der Waals surface area contributed by atoms with Gasteiger partial charge in [-0.1, -0.05) is 66.7 Å². The number of hydrogen-bond acceptors (Lipinski definition) is 4. The third kappa shape index (κ3) is 6.76. The number of fused-ring (bicyclic) bond motifs is 1. The van der Waals surface area contributed by atoms with Crippen molar-refractivity contribution in [1.82, 2.24) is 10.6 Å². The maximum absolute atomic E-state index is 13.0. The smallest absolute Gasteiger partial charge is 0.319 e. The molecule has 0 aliphatic heterocycles. The molecule has 3 amide bonds. The average Bonchev–Trinajstić information content (AvgIpc) is 2.92. The van der Waals surface area contributed by atoms with Crippen LogP contribution in [0.15, 0.2) is 97.1 Å². The van der Waals surface area contributed by atoms with Crippen LogP contribution in [0.25, 0.3) is 10.8 Å². The number of rotatable bonds is 10. The quantitative estimate of drug-likeness (QED) is 0.244. The van der Waals surface area contributed by atoms with E-state index in [0.29, 0.717) is 25.2 Å². The van der Waals surface area contributed by atoms with E-state index >= 15 is 0 Å². The second kappa shape index (κ2) is 12.3. The maximum atomic E-state index is 13.0. The van der Waals surface area contributed by atoms with Crippen molar-refractivity contribution in [2.75, 3.05) is 30.8 Å². The molecule has 1 unspecified atom stereocenters. The summed E-state index contributed by atoms with van der Waals surface area (Å²) in [5, 5.41) is 13.9. The van der Waals surface area contributed by atoms with Gasteiger partial charge in [0.05, 0.1) is 12.8 Å². The predicted molar refractivity (Wildman–Crippen MR) is 145 cm³/mol. The molecule has 0 saturated carbocycles. The first kappa shape index (κ1) is 24.6. The third-order valence-electron chi connectivity index (χ3n) is 5.79. The Bertz CT molecular complexity index is 1290. The van der Waals surface area contributed by atoms with Gasteiger partial charge in [0.25, 0.3) is 0 Å². The standard InChI is InChI=1S/C29H30N4O3/c1-36-24-16-14-23(15-17-24)30-18-19-31-28(34)27(20-21-8-3-2-4-9-21)33-29(35)32-26-13-7-11-22-10-5-6-12-25(22)26/h2-17,27,30H,18-20H2,1H3,(H,31,34)(H2,32,33,35). The lowest BCUT2D eigenvalue weighted by molar-refractivity contribution is -0.122. The van der Waals surface area contributed by atoms with E-state index in [1.165, 1.54) is 0 Å². The van der Waals surface area contributed by atoms with Crippen LogP contribution < -0.4 is 26.0 Å². The largest absolute Gasteiger partial charge is 0.497 e. The number of methoxy groups -OCH3 is 1. The molecule has 0 spiro atoms. The van der Waals surface area contributed by atoms with E-state index in [4.69, 9.17) is 4.74 Å². The minimum Gasteiger partial charge on any atom is -0.497 e. The van der Waals surface area contributed by atoms with E-state index in [9.17, 15) is 9.59 Å². The first-order valence-corrected chi connectivity index (χ1v) is 11.9. The van der Waals surface area contributed by atoms with Gasteiger partial charge in [-0.05, 0) is 41.3 Å². The molecule has 0 heterocycles. The molecule has 0 aliphatic rings. The summed E-state index contributed by atoms with van der Waals surface area (Å²) in [5.74, 6) is 0.536. The van der Waals surface area contributed by atoms with Crippen molar-refractivity contribution in [2.45, 2.75) is 12.5 Å². The van der Waals surface area contributed by atoms with Gasteiger partial charge in [0, 0.05) is 30.6 Å². The molecule has 0 saturated heterocycles. The second-order valence-corrected chi connectivity index (χ2v) is 8.31. The topological polar surface area (TPSA) is 91.5 Å². The van der Waals surface area contributed by atoms with Crippen LogP contribution in [-0.4, -0.2) is 38.2 Å². The van der Waals surface area contributed by atoms with Gasteiger partial charge in [-0.25, -0.2) is 4.79 Å². The van der Waals surface area contributed by atoms with Gasteiger partial charge in [-0.15, -0.1) is 0 Å². The summed E-state index contributed by atoms with van der Waals surface area (Å²) < 4.78 is 5.17. The van der Waals surface area contributed by atoms with Gasteiger partial charge >= 0.3 is 6.03 Å². The van der Waals surface area contributed by atoms with Gasteiger partial charge in [0.2, 0.25) is 5.91 Å². The highest BCUT2D eigenvalue weighted by Gasteiger charge is 2.21. The Morgan fingerprint density at radius 2 is 1.53 bits per heavy atom. The van der Waals surface area contributed by atoms with Crippen LogP contribution in [-0.2, 0) is 11.2 Å². The van der Waals surface area contributed by atoms with Crippen molar-refractivity contribution in [3.63, 3.8) is 0 Å². The zero-order valence-corrected chi connectivity index (χ0v) is 20.2. The fourth-order valence-corrected chi connectivity index (χ4v) is 3.93. The number of anilines is 2. The van der Waals surface area contributed by atoms with Gasteiger partial charge < -0.3 is 26.0 Å². The summed E-state index contributed by atoms with van der Waals surface area (Å²) in [7, 11) is 1.63. The fourth-order valence-electron chi connectivity index (χ4n) is 3.93. The Labute approximate surface area is 210 Å². The average molecular weight is 483 g/mol. The molecule has 36 heavy (non-hydrogen) atoms. The fraction of sp³-hybridized carbons (Fsp3) is 0.172. The predicted octanol–water partition coefficient (Wildman–Crippen LogP) is 4.81. The van der Waals surface area contributed by atoms with E-state index in [1.807, 2.05) is 97.1 Å². The van der Waals surface area contributed by atoms with E-state index in [-0.39, 0.29) is 5.91 Å². The lowest BCUT2D eigenvalue weighted by Crippen LogP contribution is -2.50. The normalized spacial score (nSPS) is 11.4. The van der Waals surface area contributed by atoms with Crippen LogP contribution in [0.2, 0.25) is 0 Å². The van der Waals surface area contributed by atoms with Crippen LogP contribution in [0.3, 0.4) is 0 Å². The monoisotopic (exact) mass is 482 g/mol. The molecule has 0 fully saturated rings. The van der Waals surface area contributed by atoms with Crippen molar-refractivity contribution in [2.24, 2.45) is 0 Å². The Morgan fingerprint density at radius 1 is 0.806 bits per heavy atom. The number of urea groups is 1. The van der Waals surface area contributed by atoms with Gasteiger partial charge in [0.15, 0.2) is 0 Å². The van der Waals surface area contributed by atoms with Crippen molar-refractivity contribution < 1.29 is 14.3 Å². The van der Waals surface area contributed by atoms with E-state index in [2.05, 4.69) is 21.3 Å². The number of nitrogens with one attached hydrogen (secondary N) is 4. The Balaban J connectivity index is 1.37. The van der Waals surface area contributed by atoms with Crippen LogP contribution in [0, 0.1) is 0 Å².